The minimum absolute atomic E-state index is 0.389. The molecule has 21 heavy (non-hydrogen) atoms. The molecule has 0 bridgehead atoms. The smallest absolute Gasteiger partial charge is 0.162 e. The highest BCUT2D eigenvalue weighted by molar-refractivity contribution is 5.96. The topological polar surface area (TPSA) is 81.2 Å². The van der Waals surface area contributed by atoms with Crippen LogP contribution in [0.1, 0.15) is 11.1 Å². The lowest BCUT2D eigenvalue weighted by atomic mass is 10.0. The van der Waals surface area contributed by atoms with Crippen molar-refractivity contribution < 1.29 is 9.47 Å². The number of rotatable bonds is 2. The van der Waals surface area contributed by atoms with Gasteiger partial charge in [0.25, 0.3) is 0 Å². The summed E-state index contributed by atoms with van der Waals surface area (Å²) in [5.41, 5.74) is 8.34. The van der Waals surface area contributed by atoms with Crippen LogP contribution in [-0.4, -0.2) is 18.2 Å². The molecule has 0 aliphatic carbocycles. The van der Waals surface area contributed by atoms with Crippen LogP contribution in [0.2, 0.25) is 0 Å². The number of pyridine rings is 1. The van der Waals surface area contributed by atoms with Crippen LogP contribution in [0.3, 0.4) is 0 Å². The normalized spacial score (nSPS) is 14.0. The summed E-state index contributed by atoms with van der Waals surface area (Å²) in [4.78, 5) is 4.01. The fraction of sp³-hybridized carbons (Fsp3) is 0.125. The first-order chi connectivity index (χ1) is 10.3. The van der Waals surface area contributed by atoms with Gasteiger partial charge in [-0.3, -0.25) is 4.98 Å². The molecular formula is C16H13N3O2. The lowest BCUT2D eigenvalue weighted by molar-refractivity contribution is 0.171. The number of hydrogen-bond donors (Lipinski definition) is 1. The molecule has 1 aromatic carbocycles. The molecular weight excluding hydrogens is 266 g/mol. The Balaban J connectivity index is 2.06. The first kappa shape index (κ1) is 13.0. The van der Waals surface area contributed by atoms with Crippen molar-refractivity contribution >= 4 is 11.3 Å². The van der Waals surface area contributed by atoms with E-state index in [0.29, 0.717) is 41.5 Å². The van der Waals surface area contributed by atoms with Crippen LogP contribution in [-0.2, 0) is 0 Å². The SMILES string of the molecule is N#C/C(=C(/N)c1ccc2c(c1)OCCO2)c1cccnc1. The molecule has 2 N–H and O–H groups in total. The summed E-state index contributed by atoms with van der Waals surface area (Å²) < 4.78 is 11.0. The Morgan fingerprint density at radius 3 is 2.67 bits per heavy atom. The molecule has 1 aliphatic heterocycles. The maximum atomic E-state index is 9.38. The number of fused-ring (bicyclic) bond motifs is 1. The number of ether oxygens (including phenoxy) is 2. The van der Waals surface area contributed by atoms with Crippen molar-refractivity contribution in [1.29, 1.82) is 5.26 Å². The number of benzene rings is 1. The van der Waals surface area contributed by atoms with Gasteiger partial charge in [0.15, 0.2) is 11.5 Å². The van der Waals surface area contributed by atoms with Gasteiger partial charge in [-0.15, -0.1) is 0 Å². The van der Waals surface area contributed by atoms with Gasteiger partial charge in [-0.25, -0.2) is 0 Å². The fourth-order valence-corrected chi connectivity index (χ4v) is 2.15. The van der Waals surface area contributed by atoms with E-state index in [4.69, 9.17) is 15.2 Å². The molecule has 3 rings (SSSR count). The van der Waals surface area contributed by atoms with Crippen LogP contribution in [0.25, 0.3) is 11.3 Å². The molecule has 0 amide bonds. The van der Waals surface area contributed by atoms with E-state index < -0.39 is 0 Å². The lowest BCUT2D eigenvalue weighted by Gasteiger charge is -2.19. The molecule has 0 spiro atoms. The van der Waals surface area contributed by atoms with Gasteiger partial charge in [-0.05, 0) is 24.3 Å². The number of nitriles is 1. The van der Waals surface area contributed by atoms with Gasteiger partial charge in [0.05, 0.1) is 11.3 Å². The molecule has 2 aromatic rings. The predicted octanol–water partition coefficient (Wildman–Crippen LogP) is 2.20. The highest BCUT2D eigenvalue weighted by Crippen LogP contribution is 2.33. The Hall–Kier alpha value is -3.00. The van der Waals surface area contributed by atoms with Gasteiger partial charge in [0, 0.05) is 23.5 Å². The minimum atomic E-state index is 0.389. The van der Waals surface area contributed by atoms with E-state index in [2.05, 4.69) is 11.1 Å². The second-order valence-corrected chi connectivity index (χ2v) is 4.50. The first-order valence-electron chi connectivity index (χ1n) is 6.50. The van der Waals surface area contributed by atoms with E-state index in [1.165, 1.54) is 0 Å². The maximum absolute atomic E-state index is 9.38. The molecule has 0 atom stereocenters. The Morgan fingerprint density at radius 1 is 1.14 bits per heavy atom. The molecule has 0 saturated carbocycles. The highest BCUT2D eigenvalue weighted by atomic mass is 16.6. The average molecular weight is 279 g/mol. The summed E-state index contributed by atoms with van der Waals surface area (Å²) in [5, 5.41) is 9.38. The van der Waals surface area contributed by atoms with Crippen LogP contribution >= 0.6 is 0 Å². The van der Waals surface area contributed by atoms with E-state index >= 15 is 0 Å². The molecule has 0 radical (unpaired) electrons. The predicted molar refractivity (Wildman–Crippen MR) is 78.3 cm³/mol. The Labute approximate surface area is 122 Å². The van der Waals surface area contributed by atoms with E-state index in [1.54, 1.807) is 36.7 Å². The molecule has 1 aliphatic rings. The van der Waals surface area contributed by atoms with Crippen LogP contribution in [0.4, 0.5) is 0 Å². The molecule has 1 aromatic heterocycles. The molecule has 2 heterocycles. The summed E-state index contributed by atoms with van der Waals surface area (Å²) >= 11 is 0. The zero-order valence-electron chi connectivity index (χ0n) is 11.2. The van der Waals surface area contributed by atoms with Crippen molar-refractivity contribution in [3.05, 3.63) is 53.9 Å². The quantitative estimate of drug-likeness (QED) is 0.852. The third-order valence-corrected chi connectivity index (χ3v) is 3.18. The average Bonchev–Trinajstić information content (AvgIpc) is 2.56. The summed E-state index contributed by atoms with van der Waals surface area (Å²) in [6.45, 7) is 1.05. The van der Waals surface area contributed by atoms with Gasteiger partial charge in [0.1, 0.15) is 19.3 Å². The third-order valence-electron chi connectivity index (χ3n) is 3.18. The number of nitrogens with zero attached hydrogens (tertiary/aromatic N) is 2. The van der Waals surface area contributed by atoms with Crippen LogP contribution in [0.15, 0.2) is 42.7 Å². The fourth-order valence-electron chi connectivity index (χ4n) is 2.15. The van der Waals surface area contributed by atoms with Gasteiger partial charge in [-0.2, -0.15) is 5.26 Å². The largest absolute Gasteiger partial charge is 0.486 e. The number of allylic oxidation sites excluding steroid dienone is 1. The van der Waals surface area contributed by atoms with Crippen molar-refractivity contribution in [2.75, 3.05) is 13.2 Å². The van der Waals surface area contributed by atoms with Crippen LogP contribution in [0.5, 0.6) is 11.5 Å². The summed E-state index contributed by atoms with van der Waals surface area (Å²) in [6, 6.07) is 11.1. The zero-order chi connectivity index (χ0) is 14.7. The molecule has 0 unspecified atom stereocenters. The highest BCUT2D eigenvalue weighted by Gasteiger charge is 2.15. The maximum Gasteiger partial charge on any atom is 0.162 e. The summed E-state index contributed by atoms with van der Waals surface area (Å²) in [7, 11) is 0. The van der Waals surface area contributed by atoms with E-state index in [1.807, 2.05) is 6.07 Å². The van der Waals surface area contributed by atoms with Crippen LogP contribution < -0.4 is 15.2 Å². The van der Waals surface area contributed by atoms with Gasteiger partial charge < -0.3 is 15.2 Å². The van der Waals surface area contributed by atoms with Gasteiger partial charge in [-0.1, -0.05) is 6.07 Å². The summed E-state index contributed by atoms with van der Waals surface area (Å²) in [5.74, 6) is 1.34. The lowest BCUT2D eigenvalue weighted by Crippen LogP contribution is -2.15. The van der Waals surface area contributed by atoms with Crippen molar-refractivity contribution in [1.82, 2.24) is 4.98 Å². The van der Waals surface area contributed by atoms with Crippen molar-refractivity contribution in [2.24, 2.45) is 5.73 Å². The third kappa shape index (κ3) is 2.51. The van der Waals surface area contributed by atoms with E-state index in [9.17, 15) is 5.26 Å². The van der Waals surface area contributed by atoms with Crippen molar-refractivity contribution in [3.8, 4) is 17.6 Å². The van der Waals surface area contributed by atoms with Crippen molar-refractivity contribution in [3.63, 3.8) is 0 Å². The van der Waals surface area contributed by atoms with E-state index in [0.717, 1.165) is 5.56 Å². The molecule has 104 valence electrons. The second kappa shape index (κ2) is 5.55. The zero-order valence-corrected chi connectivity index (χ0v) is 11.2. The van der Waals surface area contributed by atoms with Crippen molar-refractivity contribution in [2.45, 2.75) is 0 Å². The van der Waals surface area contributed by atoms with Gasteiger partial charge >= 0.3 is 0 Å². The number of aromatic nitrogens is 1. The Kier molecular flexibility index (Phi) is 3.44. The Bertz CT molecular complexity index is 733. The molecule has 0 fully saturated rings. The standard InChI is InChI=1S/C16H13N3O2/c17-9-13(12-2-1-5-19-10-12)16(18)11-3-4-14-15(8-11)21-7-6-20-14/h1-5,8,10H,6-7,18H2/b16-13-. The number of nitrogens with two attached hydrogens (primary N) is 1. The first-order valence-corrected chi connectivity index (χ1v) is 6.50. The van der Waals surface area contributed by atoms with Gasteiger partial charge in [0.2, 0.25) is 0 Å². The number of hydrogen-bond acceptors (Lipinski definition) is 5. The second-order valence-electron chi connectivity index (χ2n) is 4.50. The minimum Gasteiger partial charge on any atom is -0.486 e. The molecule has 5 heteroatoms. The Morgan fingerprint density at radius 2 is 1.95 bits per heavy atom. The molecule has 5 nitrogen and oxygen atoms in total. The molecule has 0 saturated heterocycles. The van der Waals surface area contributed by atoms with Crippen LogP contribution in [0, 0.1) is 11.3 Å². The monoisotopic (exact) mass is 279 g/mol. The van der Waals surface area contributed by atoms with E-state index in [-0.39, 0.29) is 0 Å². The summed E-state index contributed by atoms with van der Waals surface area (Å²) in [6.07, 6.45) is 3.27.